The van der Waals surface area contributed by atoms with Crippen LogP contribution in [0, 0.1) is 5.82 Å². The molecular formula is C16H22FNOS. The van der Waals surface area contributed by atoms with E-state index in [1.54, 1.807) is 17.4 Å². The number of ether oxygens (including phenoxy) is 1. The maximum atomic E-state index is 14.1. The summed E-state index contributed by atoms with van der Waals surface area (Å²) < 4.78 is 21.0. The van der Waals surface area contributed by atoms with Gasteiger partial charge in [-0.3, -0.25) is 0 Å². The van der Waals surface area contributed by atoms with Crippen LogP contribution in [0.15, 0.2) is 18.2 Å². The van der Waals surface area contributed by atoms with Crippen LogP contribution in [0.4, 0.5) is 4.39 Å². The molecule has 2 rings (SSSR count). The molecule has 0 unspecified atom stereocenters. The van der Waals surface area contributed by atoms with E-state index in [9.17, 15) is 4.39 Å². The molecule has 0 bridgehead atoms. The van der Waals surface area contributed by atoms with Crippen LogP contribution in [-0.4, -0.2) is 12.1 Å². The number of benzene rings is 1. The Bertz CT molecular complexity index is 586. The zero-order chi connectivity index (χ0) is 14.8. The summed E-state index contributed by atoms with van der Waals surface area (Å²) in [6, 6.07) is 5.26. The lowest BCUT2D eigenvalue weighted by Crippen LogP contribution is -2.19. The topological polar surface area (TPSA) is 21.3 Å². The molecule has 1 aromatic heterocycles. The van der Waals surface area contributed by atoms with Crippen molar-refractivity contribution in [1.29, 1.82) is 0 Å². The third-order valence-electron chi connectivity index (χ3n) is 3.03. The molecule has 0 radical (unpaired) electrons. The van der Waals surface area contributed by atoms with Crippen molar-refractivity contribution in [1.82, 2.24) is 5.32 Å². The lowest BCUT2D eigenvalue weighted by atomic mass is 10.1. The summed E-state index contributed by atoms with van der Waals surface area (Å²) in [7, 11) is 0. The van der Waals surface area contributed by atoms with E-state index in [1.165, 1.54) is 6.07 Å². The van der Waals surface area contributed by atoms with Gasteiger partial charge in [-0.15, -0.1) is 11.3 Å². The summed E-state index contributed by atoms with van der Waals surface area (Å²) in [6.07, 6.45) is 0. The quantitative estimate of drug-likeness (QED) is 0.879. The normalized spacial score (nSPS) is 12.2. The molecule has 0 saturated carbocycles. The van der Waals surface area contributed by atoms with Crippen molar-refractivity contribution in [2.75, 3.05) is 6.54 Å². The molecule has 0 amide bonds. The second-order valence-corrected chi connectivity index (χ2v) is 6.93. The highest BCUT2D eigenvalue weighted by molar-refractivity contribution is 7.19. The van der Waals surface area contributed by atoms with E-state index < -0.39 is 0 Å². The first-order chi connectivity index (χ1) is 9.42. The molecule has 0 aliphatic carbocycles. The molecule has 2 aromatic rings. The Labute approximate surface area is 124 Å². The van der Waals surface area contributed by atoms with Gasteiger partial charge in [0.2, 0.25) is 0 Å². The number of halogens is 1. The van der Waals surface area contributed by atoms with E-state index in [2.05, 4.69) is 12.2 Å². The molecule has 0 saturated heterocycles. The molecule has 0 atom stereocenters. The third kappa shape index (κ3) is 3.57. The Hall–Kier alpha value is -0.970. The van der Waals surface area contributed by atoms with Crippen molar-refractivity contribution >= 4 is 21.4 Å². The molecule has 0 aliphatic heterocycles. The molecule has 0 spiro atoms. The Morgan fingerprint density at radius 1 is 1.30 bits per heavy atom. The van der Waals surface area contributed by atoms with Gasteiger partial charge in [0.25, 0.3) is 0 Å². The van der Waals surface area contributed by atoms with Crippen LogP contribution in [0.1, 0.15) is 38.1 Å². The molecule has 0 fully saturated rings. The van der Waals surface area contributed by atoms with Crippen LogP contribution >= 0.6 is 11.3 Å². The zero-order valence-electron chi connectivity index (χ0n) is 12.5. The van der Waals surface area contributed by atoms with E-state index >= 15 is 0 Å². The second-order valence-electron chi connectivity index (χ2n) is 5.80. The summed E-state index contributed by atoms with van der Waals surface area (Å²) in [5, 5.41) is 4.03. The minimum absolute atomic E-state index is 0.158. The maximum Gasteiger partial charge on any atom is 0.132 e. The highest BCUT2D eigenvalue weighted by Crippen LogP contribution is 2.34. The first-order valence-electron chi connectivity index (χ1n) is 6.96. The highest BCUT2D eigenvalue weighted by Gasteiger charge is 2.18. The Kier molecular flexibility index (Phi) is 4.78. The Morgan fingerprint density at radius 2 is 2.05 bits per heavy atom. The van der Waals surface area contributed by atoms with Gasteiger partial charge in [-0.05, 0) is 39.4 Å². The molecule has 1 N–H and O–H groups in total. The van der Waals surface area contributed by atoms with Gasteiger partial charge >= 0.3 is 0 Å². The number of nitrogens with one attached hydrogen (secondary N) is 1. The average molecular weight is 295 g/mol. The second kappa shape index (κ2) is 6.20. The van der Waals surface area contributed by atoms with Gasteiger partial charge < -0.3 is 10.1 Å². The van der Waals surface area contributed by atoms with Crippen LogP contribution in [0.5, 0.6) is 0 Å². The number of hydrogen-bond acceptors (Lipinski definition) is 3. The molecule has 1 aromatic carbocycles. The monoisotopic (exact) mass is 295 g/mol. The highest BCUT2D eigenvalue weighted by atomic mass is 32.1. The van der Waals surface area contributed by atoms with Crippen molar-refractivity contribution in [3.8, 4) is 0 Å². The number of hydrogen-bond donors (Lipinski definition) is 1. The van der Waals surface area contributed by atoms with Crippen molar-refractivity contribution in [2.45, 2.75) is 46.4 Å². The molecule has 110 valence electrons. The molecule has 4 heteroatoms. The largest absolute Gasteiger partial charge is 0.371 e. The van der Waals surface area contributed by atoms with Crippen LogP contribution in [0.3, 0.4) is 0 Å². The summed E-state index contributed by atoms with van der Waals surface area (Å²) in [6.45, 7) is 10.2. The van der Waals surface area contributed by atoms with Gasteiger partial charge in [0.1, 0.15) is 5.82 Å². The minimum Gasteiger partial charge on any atom is -0.371 e. The van der Waals surface area contributed by atoms with Gasteiger partial charge in [0, 0.05) is 27.1 Å². The minimum atomic E-state index is -0.227. The van der Waals surface area contributed by atoms with E-state index in [0.29, 0.717) is 6.61 Å². The average Bonchev–Trinajstić information content (AvgIpc) is 2.72. The summed E-state index contributed by atoms with van der Waals surface area (Å²) in [5.41, 5.74) is 0.758. The van der Waals surface area contributed by atoms with E-state index in [0.717, 1.165) is 33.6 Å². The van der Waals surface area contributed by atoms with Crippen LogP contribution in [-0.2, 0) is 17.9 Å². The lowest BCUT2D eigenvalue weighted by molar-refractivity contribution is -0.0146. The fourth-order valence-corrected chi connectivity index (χ4v) is 3.23. The molecular weight excluding hydrogens is 273 g/mol. The van der Waals surface area contributed by atoms with E-state index in [-0.39, 0.29) is 11.4 Å². The van der Waals surface area contributed by atoms with Crippen LogP contribution in [0.25, 0.3) is 10.1 Å². The first-order valence-corrected chi connectivity index (χ1v) is 7.77. The van der Waals surface area contributed by atoms with Gasteiger partial charge in [-0.2, -0.15) is 0 Å². The molecule has 0 aliphatic rings. The van der Waals surface area contributed by atoms with Crippen molar-refractivity contribution in [2.24, 2.45) is 0 Å². The molecule has 1 heterocycles. The fraction of sp³-hybridized carbons (Fsp3) is 0.500. The predicted octanol–water partition coefficient (Wildman–Crippen LogP) is 4.47. The van der Waals surface area contributed by atoms with E-state index in [1.807, 2.05) is 26.8 Å². The Morgan fingerprint density at radius 3 is 2.70 bits per heavy atom. The predicted molar refractivity (Wildman–Crippen MR) is 83.7 cm³/mol. The van der Waals surface area contributed by atoms with Gasteiger partial charge in [-0.1, -0.05) is 13.0 Å². The number of thiophene rings is 1. The van der Waals surface area contributed by atoms with Gasteiger partial charge in [-0.25, -0.2) is 4.39 Å². The third-order valence-corrected chi connectivity index (χ3v) is 4.23. The van der Waals surface area contributed by atoms with Crippen molar-refractivity contribution < 1.29 is 9.13 Å². The van der Waals surface area contributed by atoms with Crippen molar-refractivity contribution in [3.63, 3.8) is 0 Å². The maximum absolute atomic E-state index is 14.1. The van der Waals surface area contributed by atoms with Gasteiger partial charge in [0.15, 0.2) is 0 Å². The lowest BCUT2D eigenvalue weighted by Gasteiger charge is -2.20. The first kappa shape index (κ1) is 15.4. The zero-order valence-corrected chi connectivity index (χ0v) is 13.4. The van der Waals surface area contributed by atoms with Crippen LogP contribution < -0.4 is 5.32 Å². The molecule has 2 nitrogen and oxygen atoms in total. The fourth-order valence-electron chi connectivity index (χ4n) is 2.04. The van der Waals surface area contributed by atoms with Crippen molar-refractivity contribution in [3.05, 3.63) is 34.5 Å². The molecule has 20 heavy (non-hydrogen) atoms. The smallest absolute Gasteiger partial charge is 0.132 e. The van der Waals surface area contributed by atoms with Crippen LogP contribution in [0.2, 0.25) is 0 Å². The standard InChI is InChI=1S/C16H22FNOS/c1-5-18-9-14-11(10-19-16(2,3)4)15-12(17)7-6-8-13(15)20-14/h6-8,18H,5,9-10H2,1-4H3. The Balaban J connectivity index is 2.40. The summed E-state index contributed by atoms with van der Waals surface area (Å²) in [4.78, 5) is 1.16. The van der Waals surface area contributed by atoms with E-state index in [4.69, 9.17) is 4.74 Å². The summed E-state index contributed by atoms with van der Waals surface area (Å²) in [5.74, 6) is -0.158. The number of fused-ring (bicyclic) bond motifs is 1. The van der Waals surface area contributed by atoms with Gasteiger partial charge in [0.05, 0.1) is 12.2 Å². The summed E-state index contributed by atoms with van der Waals surface area (Å²) >= 11 is 1.65. The SMILES string of the molecule is CCNCc1sc2cccc(F)c2c1COC(C)(C)C. The number of rotatable bonds is 5.